The van der Waals surface area contributed by atoms with Gasteiger partial charge in [-0.05, 0) is 33.6 Å². The van der Waals surface area contributed by atoms with E-state index < -0.39 is 15.4 Å². The molecule has 1 fully saturated rings. The zero-order valence-corrected chi connectivity index (χ0v) is 10.4. The average Bonchev–Trinajstić information content (AvgIpc) is 2.07. The number of ether oxygens (including phenoxy) is 1. The summed E-state index contributed by atoms with van der Waals surface area (Å²) in [6.45, 7) is 5.95. The molecule has 1 heterocycles. The molecule has 1 N–H and O–H groups in total. The van der Waals surface area contributed by atoms with Gasteiger partial charge in [0.15, 0.2) is 9.84 Å². The first-order valence-corrected chi connectivity index (χ1v) is 7.01. The molecule has 5 heteroatoms. The summed E-state index contributed by atoms with van der Waals surface area (Å²) in [4.78, 5) is 0. The number of sulfone groups is 1. The van der Waals surface area contributed by atoms with Crippen LogP contribution in [0, 0.1) is 0 Å². The topological polar surface area (TPSA) is 63.6 Å². The SMILES string of the molecule is CC(C)(C)OCC1(O)CCS(=O)(=O)CC1. The molecule has 0 aromatic rings. The van der Waals surface area contributed by atoms with E-state index in [2.05, 4.69) is 0 Å². The smallest absolute Gasteiger partial charge is 0.150 e. The maximum absolute atomic E-state index is 11.2. The van der Waals surface area contributed by atoms with E-state index in [9.17, 15) is 13.5 Å². The third kappa shape index (κ3) is 4.49. The summed E-state index contributed by atoms with van der Waals surface area (Å²) < 4.78 is 27.9. The number of rotatable bonds is 2. The molecule has 0 aliphatic carbocycles. The van der Waals surface area contributed by atoms with Crippen molar-refractivity contribution in [2.45, 2.75) is 44.8 Å². The number of hydrogen-bond donors (Lipinski definition) is 1. The van der Waals surface area contributed by atoms with Crippen LogP contribution < -0.4 is 0 Å². The quantitative estimate of drug-likeness (QED) is 0.768. The lowest BCUT2D eigenvalue weighted by Gasteiger charge is -2.34. The summed E-state index contributed by atoms with van der Waals surface area (Å²) in [5.41, 5.74) is -1.26. The van der Waals surface area contributed by atoms with Crippen LogP contribution in [0.1, 0.15) is 33.6 Å². The van der Waals surface area contributed by atoms with Crippen LogP contribution in [-0.2, 0) is 14.6 Å². The van der Waals surface area contributed by atoms with Gasteiger partial charge in [0.2, 0.25) is 0 Å². The van der Waals surface area contributed by atoms with Gasteiger partial charge in [0.25, 0.3) is 0 Å². The lowest BCUT2D eigenvalue weighted by molar-refractivity contribution is -0.102. The molecule has 4 nitrogen and oxygen atoms in total. The van der Waals surface area contributed by atoms with Crippen LogP contribution in [0.4, 0.5) is 0 Å². The van der Waals surface area contributed by atoms with Crippen LogP contribution in [0.2, 0.25) is 0 Å². The fourth-order valence-electron chi connectivity index (χ4n) is 1.41. The van der Waals surface area contributed by atoms with Gasteiger partial charge in [-0.25, -0.2) is 8.42 Å². The fourth-order valence-corrected chi connectivity index (χ4v) is 3.00. The van der Waals surface area contributed by atoms with Gasteiger partial charge in [-0.1, -0.05) is 0 Å². The highest BCUT2D eigenvalue weighted by molar-refractivity contribution is 7.91. The Kier molecular flexibility index (Phi) is 3.48. The van der Waals surface area contributed by atoms with Gasteiger partial charge in [0.05, 0.1) is 29.3 Å². The minimum absolute atomic E-state index is 0.0665. The van der Waals surface area contributed by atoms with E-state index in [4.69, 9.17) is 4.74 Å². The first-order chi connectivity index (χ1) is 6.62. The second kappa shape index (κ2) is 4.03. The van der Waals surface area contributed by atoms with Gasteiger partial charge in [0.1, 0.15) is 0 Å². The first-order valence-electron chi connectivity index (χ1n) is 5.19. The van der Waals surface area contributed by atoms with Crippen LogP contribution in [0.3, 0.4) is 0 Å². The van der Waals surface area contributed by atoms with Gasteiger partial charge in [0, 0.05) is 0 Å². The van der Waals surface area contributed by atoms with Crippen LogP contribution >= 0.6 is 0 Å². The lowest BCUT2D eigenvalue weighted by atomic mass is 9.98. The highest BCUT2D eigenvalue weighted by Gasteiger charge is 2.36. The Balaban J connectivity index is 2.49. The number of hydrogen-bond acceptors (Lipinski definition) is 4. The normalized spacial score (nSPS) is 25.1. The molecule has 1 aliphatic heterocycles. The maximum Gasteiger partial charge on any atom is 0.150 e. The standard InChI is InChI=1S/C10H20O4S/c1-9(2,3)14-8-10(11)4-6-15(12,13)7-5-10/h11H,4-8H2,1-3H3. The van der Waals surface area contributed by atoms with Crippen LogP contribution in [0.25, 0.3) is 0 Å². The Hall–Kier alpha value is -0.130. The van der Waals surface area contributed by atoms with Crippen LogP contribution in [0.5, 0.6) is 0 Å². The minimum Gasteiger partial charge on any atom is -0.387 e. The van der Waals surface area contributed by atoms with Crippen molar-refractivity contribution in [1.29, 1.82) is 0 Å². The van der Waals surface area contributed by atoms with E-state index in [1.54, 1.807) is 0 Å². The van der Waals surface area contributed by atoms with Crippen molar-refractivity contribution in [1.82, 2.24) is 0 Å². The van der Waals surface area contributed by atoms with Crippen molar-refractivity contribution in [2.75, 3.05) is 18.1 Å². The zero-order valence-electron chi connectivity index (χ0n) is 9.62. The summed E-state index contributed by atoms with van der Waals surface area (Å²) in [5.74, 6) is 0.133. The van der Waals surface area contributed by atoms with Gasteiger partial charge >= 0.3 is 0 Å². The molecule has 1 rings (SSSR count). The maximum atomic E-state index is 11.2. The second-order valence-corrected chi connectivity index (χ2v) is 7.58. The van der Waals surface area contributed by atoms with Crippen molar-refractivity contribution < 1.29 is 18.3 Å². The zero-order chi connectivity index (χ0) is 11.7. The van der Waals surface area contributed by atoms with Gasteiger partial charge in [-0.3, -0.25) is 0 Å². The summed E-state index contributed by atoms with van der Waals surface area (Å²) in [6.07, 6.45) is 0.566. The van der Waals surface area contributed by atoms with E-state index in [0.717, 1.165) is 0 Å². The van der Waals surface area contributed by atoms with Crippen LogP contribution in [0.15, 0.2) is 0 Å². The number of aliphatic hydroxyl groups is 1. The highest BCUT2D eigenvalue weighted by Crippen LogP contribution is 2.25. The van der Waals surface area contributed by atoms with Crippen LogP contribution in [-0.4, -0.2) is 42.8 Å². The Morgan fingerprint density at radius 2 is 1.73 bits per heavy atom. The summed E-state index contributed by atoms with van der Waals surface area (Å²) >= 11 is 0. The molecule has 0 aromatic heterocycles. The van der Waals surface area contributed by atoms with Gasteiger partial charge in [-0.15, -0.1) is 0 Å². The Morgan fingerprint density at radius 1 is 1.27 bits per heavy atom. The fraction of sp³-hybridized carbons (Fsp3) is 1.00. The molecule has 1 aliphatic rings. The third-order valence-electron chi connectivity index (χ3n) is 2.53. The monoisotopic (exact) mass is 236 g/mol. The predicted molar refractivity (Wildman–Crippen MR) is 58.5 cm³/mol. The molecule has 0 atom stereocenters. The van der Waals surface area contributed by atoms with E-state index in [-0.39, 0.29) is 36.6 Å². The van der Waals surface area contributed by atoms with E-state index in [0.29, 0.717) is 0 Å². The Bertz CT molecular complexity index is 299. The van der Waals surface area contributed by atoms with Crippen molar-refractivity contribution in [3.63, 3.8) is 0 Å². The first kappa shape index (κ1) is 12.9. The molecule has 0 saturated carbocycles. The molecule has 1 saturated heterocycles. The molecule has 0 bridgehead atoms. The van der Waals surface area contributed by atoms with E-state index in [1.807, 2.05) is 20.8 Å². The molecule has 0 radical (unpaired) electrons. The molecule has 0 aromatic carbocycles. The van der Waals surface area contributed by atoms with Gasteiger partial charge in [-0.2, -0.15) is 0 Å². The molecule has 0 amide bonds. The summed E-state index contributed by atoms with van der Waals surface area (Å²) in [5, 5.41) is 10.1. The lowest BCUT2D eigenvalue weighted by Crippen LogP contribution is -2.44. The van der Waals surface area contributed by atoms with Crippen molar-refractivity contribution in [3.8, 4) is 0 Å². The van der Waals surface area contributed by atoms with Crippen molar-refractivity contribution >= 4 is 9.84 Å². The van der Waals surface area contributed by atoms with E-state index >= 15 is 0 Å². The van der Waals surface area contributed by atoms with Crippen molar-refractivity contribution in [3.05, 3.63) is 0 Å². The van der Waals surface area contributed by atoms with Gasteiger partial charge < -0.3 is 9.84 Å². The molecule has 15 heavy (non-hydrogen) atoms. The minimum atomic E-state index is -2.92. The molecular formula is C10H20O4S. The Morgan fingerprint density at radius 3 is 2.13 bits per heavy atom. The second-order valence-electron chi connectivity index (χ2n) is 5.28. The van der Waals surface area contributed by atoms with E-state index in [1.165, 1.54) is 0 Å². The average molecular weight is 236 g/mol. The highest BCUT2D eigenvalue weighted by atomic mass is 32.2. The summed E-state index contributed by atoms with van der Waals surface area (Å²) in [6, 6.07) is 0. The molecule has 0 spiro atoms. The molecule has 90 valence electrons. The molecule has 0 unspecified atom stereocenters. The summed E-state index contributed by atoms with van der Waals surface area (Å²) in [7, 11) is -2.92. The molecular weight excluding hydrogens is 216 g/mol. The third-order valence-corrected chi connectivity index (χ3v) is 4.18. The predicted octanol–water partition coefficient (Wildman–Crippen LogP) is 0.741. The largest absolute Gasteiger partial charge is 0.387 e. The Labute approximate surface area is 91.6 Å². The van der Waals surface area contributed by atoms with Crippen molar-refractivity contribution in [2.24, 2.45) is 0 Å².